The third-order valence-electron chi connectivity index (χ3n) is 2.51. The van der Waals surface area contributed by atoms with Crippen molar-refractivity contribution in [1.82, 2.24) is 5.32 Å². The van der Waals surface area contributed by atoms with Crippen molar-refractivity contribution in [2.45, 2.75) is 45.2 Å². The van der Waals surface area contributed by atoms with Crippen LogP contribution in [0.2, 0.25) is 0 Å². The summed E-state index contributed by atoms with van der Waals surface area (Å²) in [6, 6.07) is -1.53. The summed E-state index contributed by atoms with van der Waals surface area (Å²) in [7, 11) is 0. The van der Waals surface area contributed by atoms with Gasteiger partial charge in [0.05, 0.1) is 6.04 Å². The molecule has 0 aliphatic rings. The molecule has 6 nitrogen and oxygen atoms in total. The van der Waals surface area contributed by atoms with Crippen molar-refractivity contribution in [3.8, 4) is 0 Å². The molecule has 0 aromatic heterocycles. The van der Waals surface area contributed by atoms with Crippen LogP contribution >= 0.6 is 0 Å². The molecule has 0 aliphatic carbocycles. The summed E-state index contributed by atoms with van der Waals surface area (Å²) in [6.45, 7) is 6.68. The Morgan fingerprint density at radius 3 is 2.53 bits per heavy atom. The van der Waals surface area contributed by atoms with Crippen molar-refractivity contribution in [3.63, 3.8) is 0 Å². The molecular formula is C13H22N2O4. The number of hydrogen-bond donors (Lipinski definition) is 2. The molecule has 0 aromatic rings. The molecule has 2 unspecified atom stereocenters. The van der Waals surface area contributed by atoms with Crippen LogP contribution in [-0.2, 0) is 19.1 Å². The normalized spacial score (nSPS) is 13.2. The number of amides is 1. The van der Waals surface area contributed by atoms with Gasteiger partial charge in [0.1, 0.15) is 18.4 Å². The van der Waals surface area contributed by atoms with Crippen LogP contribution in [-0.4, -0.2) is 36.4 Å². The Bertz CT molecular complexity index is 342. The van der Waals surface area contributed by atoms with Crippen molar-refractivity contribution < 1.29 is 19.1 Å². The summed E-state index contributed by atoms with van der Waals surface area (Å²) >= 11 is 0. The number of ketones is 1. The highest BCUT2D eigenvalue weighted by Crippen LogP contribution is 2.02. The van der Waals surface area contributed by atoms with Crippen molar-refractivity contribution in [3.05, 3.63) is 12.7 Å². The Balaban J connectivity index is 4.56. The summed E-state index contributed by atoms with van der Waals surface area (Å²) in [5.41, 5.74) is 5.57. The molecule has 0 rings (SSSR count). The fraction of sp³-hybridized carbons (Fsp3) is 0.615. The average molecular weight is 270 g/mol. The van der Waals surface area contributed by atoms with Gasteiger partial charge in [-0.25, -0.2) is 4.79 Å². The summed E-state index contributed by atoms with van der Waals surface area (Å²) in [5, 5.41) is 2.51. The summed E-state index contributed by atoms with van der Waals surface area (Å²) in [6.07, 6.45) is 2.29. The van der Waals surface area contributed by atoms with Crippen LogP contribution in [0.1, 0.15) is 33.1 Å². The van der Waals surface area contributed by atoms with E-state index in [1.165, 1.54) is 13.0 Å². The zero-order valence-electron chi connectivity index (χ0n) is 11.5. The van der Waals surface area contributed by atoms with Gasteiger partial charge in [-0.2, -0.15) is 0 Å². The fourth-order valence-corrected chi connectivity index (χ4v) is 1.30. The second kappa shape index (κ2) is 9.27. The number of ether oxygens (including phenoxy) is 1. The van der Waals surface area contributed by atoms with Gasteiger partial charge in [-0.3, -0.25) is 4.79 Å². The number of nitrogens with two attached hydrogens (primary N) is 1. The number of hydrogen-bond acceptors (Lipinski definition) is 5. The average Bonchev–Trinajstić information content (AvgIpc) is 2.38. The van der Waals surface area contributed by atoms with Crippen LogP contribution in [0.15, 0.2) is 12.7 Å². The van der Waals surface area contributed by atoms with E-state index in [1.54, 1.807) is 6.92 Å². The lowest BCUT2D eigenvalue weighted by molar-refractivity contribution is -0.147. The molecule has 0 aromatic carbocycles. The monoisotopic (exact) mass is 270 g/mol. The van der Waals surface area contributed by atoms with Crippen LogP contribution in [0.5, 0.6) is 0 Å². The molecule has 0 spiro atoms. The Morgan fingerprint density at radius 2 is 2.05 bits per heavy atom. The number of nitrogens with one attached hydrogen (secondary N) is 1. The molecule has 0 radical (unpaired) electrons. The fourth-order valence-electron chi connectivity index (χ4n) is 1.30. The van der Waals surface area contributed by atoms with Crippen molar-refractivity contribution in [2.75, 3.05) is 6.61 Å². The van der Waals surface area contributed by atoms with Crippen LogP contribution in [0, 0.1) is 0 Å². The minimum absolute atomic E-state index is 0.0597. The minimum atomic E-state index is -0.853. The molecule has 0 fully saturated rings. The molecule has 0 aliphatic heterocycles. The van der Waals surface area contributed by atoms with Gasteiger partial charge in [-0.1, -0.05) is 19.6 Å². The SMILES string of the molecule is C=CCOC(=O)C(CCC(C)=O)NC(=O)C(N)CC. The smallest absolute Gasteiger partial charge is 0.328 e. The van der Waals surface area contributed by atoms with E-state index < -0.39 is 24.0 Å². The molecule has 108 valence electrons. The largest absolute Gasteiger partial charge is 0.460 e. The molecule has 19 heavy (non-hydrogen) atoms. The van der Waals surface area contributed by atoms with E-state index in [4.69, 9.17) is 10.5 Å². The molecule has 0 saturated carbocycles. The molecule has 3 N–H and O–H groups in total. The zero-order valence-corrected chi connectivity index (χ0v) is 11.5. The molecule has 2 atom stereocenters. The topological polar surface area (TPSA) is 98.5 Å². The predicted octanol–water partition coefficient (Wildman–Crippen LogP) is 0.307. The highest BCUT2D eigenvalue weighted by molar-refractivity contribution is 5.87. The van der Waals surface area contributed by atoms with Crippen LogP contribution in [0.4, 0.5) is 0 Å². The quantitative estimate of drug-likeness (QED) is 0.464. The zero-order chi connectivity index (χ0) is 14.8. The van der Waals surface area contributed by atoms with Gasteiger partial charge in [0.15, 0.2) is 0 Å². The first-order chi connectivity index (χ1) is 8.92. The highest BCUT2D eigenvalue weighted by atomic mass is 16.5. The first-order valence-corrected chi connectivity index (χ1v) is 6.25. The standard InChI is InChI=1S/C13H22N2O4/c1-4-8-19-13(18)11(7-6-9(3)16)15-12(17)10(14)5-2/h4,10-11H,1,5-8,14H2,2-3H3,(H,15,17). The summed E-state index contributed by atoms with van der Waals surface area (Å²) in [5.74, 6) is -1.07. The third-order valence-corrected chi connectivity index (χ3v) is 2.51. The molecule has 1 amide bonds. The van der Waals surface area contributed by atoms with E-state index in [0.29, 0.717) is 6.42 Å². The van der Waals surface area contributed by atoms with Crippen molar-refractivity contribution >= 4 is 17.7 Å². The molecule has 0 bridgehead atoms. The highest BCUT2D eigenvalue weighted by Gasteiger charge is 2.24. The maximum Gasteiger partial charge on any atom is 0.328 e. The van der Waals surface area contributed by atoms with E-state index >= 15 is 0 Å². The van der Waals surface area contributed by atoms with Crippen molar-refractivity contribution in [2.24, 2.45) is 5.73 Å². The first kappa shape index (κ1) is 17.3. The van der Waals surface area contributed by atoms with Gasteiger partial charge in [0.2, 0.25) is 5.91 Å². The second-order valence-corrected chi connectivity index (χ2v) is 4.24. The minimum Gasteiger partial charge on any atom is -0.460 e. The number of carbonyl (C=O) groups is 3. The Labute approximate surface area is 113 Å². The van der Waals surface area contributed by atoms with Gasteiger partial charge < -0.3 is 20.6 Å². The van der Waals surface area contributed by atoms with Gasteiger partial charge in [-0.05, 0) is 19.8 Å². The lowest BCUT2D eigenvalue weighted by atomic mass is 10.1. The maximum atomic E-state index is 11.7. The Kier molecular flexibility index (Phi) is 8.44. The van der Waals surface area contributed by atoms with Gasteiger partial charge in [0.25, 0.3) is 0 Å². The van der Waals surface area contributed by atoms with E-state index in [9.17, 15) is 14.4 Å². The van der Waals surface area contributed by atoms with E-state index in [2.05, 4.69) is 11.9 Å². The molecule has 0 heterocycles. The van der Waals surface area contributed by atoms with Crippen LogP contribution in [0.3, 0.4) is 0 Å². The lowest BCUT2D eigenvalue weighted by Gasteiger charge is -2.18. The van der Waals surface area contributed by atoms with Gasteiger partial charge in [0, 0.05) is 6.42 Å². The van der Waals surface area contributed by atoms with Gasteiger partial charge in [-0.15, -0.1) is 0 Å². The number of esters is 1. The van der Waals surface area contributed by atoms with Gasteiger partial charge >= 0.3 is 5.97 Å². The van der Waals surface area contributed by atoms with Crippen LogP contribution in [0.25, 0.3) is 0 Å². The van der Waals surface area contributed by atoms with E-state index in [-0.39, 0.29) is 25.2 Å². The van der Waals surface area contributed by atoms with Crippen molar-refractivity contribution in [1.29, 1.82) is 0 Å². The summed E-state index contributed by atoms with van der Waals surface area (Å²) in [4.78, 5) is 34.3. The predicted molar refractivity (Wildman–Crippen MR) is 71.3 cm³/mol. The maximum absolute atomic E-state index is 11.7. The Morgan fingerprint density at radius 1 is 1.42 bits per heavy atom. The van der Waals surface area contributed by atoms with Crippen LogP contribution < -0.4 is 11.1 Å². The number of Topliss-reactive ketones (excluding diaryl/α,β-unsaturated/α-hetero) is 1. The number of carbonyl (C=O) groups excluding carboxylic acids is 3. The molecule has 0 saturated heterocycles. The number of rotatable bonds is 9. The Hall–Kier alpha value is -1.69. The second-order valence-electron chi connectivity index (χ2n) is 4.24. The van der Waals surface area contributed by atoms with E-state index in [1.807, 2.05) is 0 Å². The summed E-state index contributed by atoms with van der Waals surface area (Å²) < 4.78 is 4.88. The van der Waals surface area contributed by atoms with E-state index in [0.717, 1.165) is 0 Å². The molecular weight excluding hydrogens is 248 g/mol. The lowest BCUT2D eigenvalue weighted by Crippen LogP contribution is -2.48. The molecule has 6 heteroatoms. The third kappa shape index (κ3) is 7.35. The first-order valence-electron chi connectivity index (χ1n) is 6.25.